The first-order chi connectivity index (χ1) is 11.8. The molecule has 4 nitrogen and oxygen atoms in total. The predicted octanol–water partition coefficient (Wildman–Crippen LogP) is 3.48. The zero-order chi connectivity index (χ0) is 17.8. The monoisotopic (exact) mass is 401 g/mol. The van der Waals surface area contributed by atoms with Crippen molar-refractivity contribution in [3.8, 4) is 5.69 Å². The molecule has 2 aromatic carbocycles. The van der Waals surface area contributed by atoms with Crippen LogP contribution in [0.25, 0.3) is 15.3 Å². The summed E-state index contributed by atoms with van der Waals surface area (Å²) >= 11 is -0.0562. The summed E-state index contributed by atoms with van der Waals surface area (Å²) in [5.41, 5.74) is 1.04. The summed E-state index contributed by atoms with van der Waals surface area (Å²) in [6, 6.07) is 15.8. The second kappa shape index (κ2) is 5.68. The molecule has 1 atom stereocenters. The van der Waals surface area contributed by atoms with Crippen LogP contribution >= 0.6 is 0 Å². The Morgan fingerprint density at radius 1 is 1.00 bits per heavy atom. The van der Waals surface area contributed by atoms with Gasteiger partial charge >= 0.3 is 153 Å². The van der Waals surface area contributed by atoms with Crippen LogP contribution in [0.15, 0.2) is 53.3 Å². The van der Waals surface area contributed by atoms with Crippen molar-refractivity contribution in [1.29, 1.82) is 0 Å². The van der Waals surface area contributed by atoms with Crippen molar-refractivity contribution in [3.05, 3.63) is 64.4 Å². The molecule has 1 radical (unpaired) electrons. The molecule has 1 aromatic heterocycles. The normalized spacial score (nSPS) is 23.4. The molecule has 5 heteroatoms. The Labute approximate surface area is 153 Å². The second-order valence-electron chi connectivity index (χ2n) is 7.62. The number of rotatable bonds is 2. The van der Waals surface area contributed by atoms with Crippen molar-refractivity contribution in [2.75, 3.05) is 0 Å². The van der Waals surface area contributed by atoms with Crippen molar-refractivity contribution >= 4 is 24.4 Å². The van der Waals surface area contributed by atoms with Gasteiger partial charge in [0.25, 0.3) is 0 Å². The van der Waals surface area contributed by atoms with Gasteiger partial charge in [0.05, 0.1) is 0 Å². The molecular weight excluding hydrogens is 379 g/mol. The van der Waals surface area contributed by atoms with Crippen LogP contribution < -0.4 is 5.56 Å². The van der Waals surface area contributed by atoms with E-state index in [-0.39, 0.29) is 25.8 Å². The van der Waals surface area contributed by atoms with Gasteiger partial charge in [0, 0.05) is 0 Å². The molecule has 0 N–H and O–H groups in total. The number of hydroxylamine groups is 2. The Balaban J connectivity index is 1.83. The van der Waals surface area contributed by atoms with Crippen molar-refractivity contribution < 1.29 is 5.21 Å². The van der Waals surface area contributed by atoms with Crippen LogP contribution in [0.4, 0.5) is 0 Å². The summed E-state index contributed by atoms with van der Waals surface area (Å²) in [6.07, 6.45) is 1.70. The van der Waals surface area contributed by atoms with Crippen molar-refractivity contribution in [2.24, 2.45) is 0 Å². The van der Waals surface area contributed by atoms with E-state index in [4.69, 9.17) is 0 Å². The van der Waals surface area contributed by atoms with Crippen LogP contribution in [-0.4, -0.2) is 28.9 Å². The first kappa shape index (κ1) is 16.8. The molecule has 129 valence electrons. The first-order valence-electron chi connectivity index (χ1n) is 8.52. The zero-order valence-corrected chi connectivity index (χ0v) is 16.4. The van der Waals surface area contributed by atoms with E-state index in [1.54, 1.807) is 0 Å². The molecule has 2 heterocycles. The van der Waals surface area contributed by atoms with Gasteiger partial charge < -0.3 is 0 Å². The maximum absolute atomic E-state index is 12.9. The quantitative estimate of drug-likeness (QED) is 0.619. The number of benzene rings is 2. The summed E-state index contributed by atoms with van der Waals surface area (Å²) in [5, 5.41) is 14.9. The topological polar surface area (TPSA) is 45.1 Å². The first-order valence-corrected chi connectivity index (χ1v) is 10.1. The van der Waals surface area contributed by atoms with Gasteiger partial charge in [-0.05, 0) is 0 Å². The Bertz CT molecular complexity index is 1000. The number of hydrogen-bond donors (Lipinski definition) is 0. The summed E-state index contributed by atoms with van der Waals surface area (Å²) < 4.78 is 2.98. The molecule has 0 amide bonds. The van der Waals surface area contributed by atoms with Crippen molar-refractivity contribution in [3.63, 3.8) is 0 Å². The van der Waals surface area contributed by atoms with Gasteiger partial charge in [0.1, 0.15) is 0 Å². The Hall–Kier alpha value is -1.65. The number of aromatic nitrogens is 1. The van der Waals surface area contributed by atoms with E-state index in [1.165, 1.54) is 5.06 Å². The van der Waals surface area contributed by atoms with E-state index < -0.39 is 5.54 Å². The third-order valence-electron chi connectivity index (χ3n) is 5.42. The van der Waals surface area contributed by atoms with Gasteiger partial charge in [-0.3, -0.25) is 0 Å². The van der Waals surface area contributed by atoms with E-state index in [0.29, 0.717) is 0 Å². The van der Waals surface area contributed by atoms with Crippen molar-refractivity contribution in [1.82, 2.24) is 8.63 Å². The fourth-order valence-corrected chi connectivity index (χ4v) is 5.87. The van der Waals surface area contributed by atoms with Crippen molar-refractivity contribution in [2.45, 2.75) is 44.7 Å². The molecule has 1 unspecified atom stereocenters. The molecule has 25 heavy (non-hydrogen) atoms. The van der Waals surface area contributed by atoms with Gasteiger partial charge in [-0.15, -0.1) is 0 Å². The van der Waals surface area contributed by atoms with Crippen LogP contribution in [-0.2, 0) is 10.7 Å². The third kappa shape index (κ3) is 2.54. The average molecular weight is 400 g/mol. The fraction of sp³-hybridized carbons (Fsp3) is 0.350. The minimum atomic E-state index is -0.540. The number of nitrogens with zero attached hydrogens (tertiary/aromatic N) is 2. The Morgan fingerprint density at radius 3 is 2.44 bits per heavy atom. The van der Waals surface area contributed by atoms with E-state index >= 15 is 0 Å². The fourth-order valence-electron chi connectivity index (χ4n) is 3.79. The van der Waals surface area contributed by atoms with Crippen LogP contribution in [0.2, 0.25) is 0 Å². The standard InChI is InChI=1S/C20H21N2O2Se/c1-19(2)11-12-20(3,22(19)24)14-7-6-8-15(13-14)21-18(23)16-9-4-5-10-17(16)25-21/h4-10,13H,11-12H2,1-3H3. The molecule has 3 aromatic rings. The summed E-state index contributed by atoms with van der Waals surface area (Å²) in [6.45, 7) is 6.01. The third-order valence-corrected chi connectivity index (χ3v) is 7.75. The maximum atomic E-state index is 12.9. The molecule has 0 bridgehead atoms. The average Bonchev–Trinajstić information content (AvgIpc) is 3.06. The molecule has 1 fully saturated rings. The minimum absolute atomic E-state index is 0.0562. The van der Waals surface area contributed by atoms with E-state index in [2.05, 4.69) is 0 Å². The Morgan fingerprint density at radius 2 is 1.76 bits per heavy atom. The SMILES string of the molecule is CC1(C)CCC(C)(c2cccc(-n3[se]c4ccccc4c3=O)c2)N1[O]. The van der Waals surface area contributed by atoms with Gasteiger partial charge in [-0.1, -0.05) is 0 Å². The molecule has 1 aliphatic heterocycles. The Kier molecular flexibility index (Phi) is 3.82. The van der Waals surface area contributed by atoms with Crippen LogP contribution in [0, 0.1) is 0 Å². The summed E-state index contributed by atoms with van der Waals surface area (Å²) in [4.78, 5) is 12.7. The predicted molar refractivity (Wildman–Crippen MR) is 99.7 cm³/mol. The molecule has 1 aliphatic rings. The van der Waals surface area contributed by atoms with Crippen LogP contribution in [0.3, 0.4) is 0 Å². The number of hydrogen-bond acceptors (Lipinski definition) is 2. The molecule has 0 spiro atoms. The molecule has 1 saturated heterocycles. The van der Waals surface area contributed by atoms with Gasteiger partial charge in [0.2, 0.25) is 0 Å². The summed E-state index contributed by atoms with van der Waals surface area (Å²) in [7, 11) is 0. The molecule has 0 saturated carbocycles. The molecule has 4 rings (SSSR count). The van der Waals surface area contributed by atoms with Gasteiger partial charge in [-0.2, -0.15) is 0 Å². The second-order valence-corrected chi connectivity index (χ2v) is 9.69. The molecule has 0 aliphatic carbocycles. The molecular formula is C20H21N2O2Se. The van der Waals surface area contributed by atoms with Gasteiger partial charge in [0.15, 0.2) is 0 Å². The van der Waals surface area contributed by atoms with E-state index in [1.807, 2.05) is 72.9 Å². The number of fused-ring (bicyclic) bond motifs is 1. The van der Waals surface area contributed by atoms with Gasteiger partial charge in [-0.25, -0.2) is 0 Å². The van der Waals surface area contributed by atoms with Crippen LogP contribution in [0.1, 0.15) is 39.2 Å². The van der Waals surface area contributed by atoms with E-state index in [9.17, 15) is 10.0 Å². The zero-order valence-electron chi connectivity index (χ0n) is 14.7. The van der Waals surface area contributed by atoms with Crippen LogP contribution in [0.5, 0.6) is 0 Å². The summed E-state index contributed by atoms with van der Waals surface area (Å²) in [5.74, 6) is 0. The van der Waals surface area contributed by atoms with E-state index in [0.717, 1.165) is 33.7 Å².